The van der Waals surface area contributed by atoms with Crippen molar-refractivity contribution < 1.29 is 4.79 Å². The Hall–Kier alpha value is -1.17. The number of rotatable bonds is 2. The predicted octanol–water partition coefficient (Wildman–Crippen LogP) is 2.73. The molecule has 2 fully saturated rings. The maximum Gasteiger partial charge on any atom is 0.271 e. The lowest BCUT2D eigenvalue weighted by Crippen LogP contribution is -2.45. The second-order valence-electron chi connectivity index (χ2n) is 5.52. The van der Waals surface area contributed by atoms with Crippen LogP contribution in [0.25, 0.3) is 10.1 Å². The van der Waals surface area contributed by atoms with Crippen molar-refractivity contribution in [3.8, 4) is 0 Å². The molecule has 0 saturated carbocycles. The molecule has 0 spiro atoms. The molecule has 0 aliphatic carbocycles. The van der Waals surface area contributed by atoms with Gasteiger partial charge in [-0.3, -0.25) is 9.69 Å². The number of hydrogen-bond donors (Lipinski definition) is 1. The van der Waals surface area contributed by atoms with Crippen LogP contribution in [-0.4, -0.2) is 35.0 Å². The fourth-order valence-corrected chi connectivity index (χ4v) is 4.32. The molecule has 6 heteroatoms. The predicted molar refractivity (Wildman–Crippen MR) is 80.2 cm³/mol. The summed E-state index contributed by atoms with van der Waals surface area (Å²) in [7, 11) is 0. The Morgan fingerprint density at radius 3 is 3.20 bits per heavy atom. The standard InChI is InChI=1S/C14H14ClN3OS/c15-10-7-20-12-5-16-11(4-9(10)12)14(19)17-13-3-8-1-2-18(13)6-8/h4-5,7-8,13H,1-3,6H2,(H,17,19). The van der Waals surface area contributed by atoms with Crippen molar-refractivity contribution in [2.45, 2.75) is 19.0 Å². The van der Waals surface area contributed by atoms with Gasteiger partial charge in [0.15, 0.2) is 0 Å². The van der Waals surface area contributed by atoms with E-state index >= 15 is 0 Å². The molecule has 3 unspecified atom stereocenters. The summed E-state index contributed by atoms with van der Waals surface area (Å²) in [6.45, 7) is 2.21. The number of amides is 1. The fraction of sp³-hybridized carbons (Fsp3) is 0.429. The highest BCUT2D eigenvalue weighted by molar-refractivity contribution is 7.17. The first-order chi connectivity index (χ1) is 9.70. The largest absolute Gasteiger partial charge is 0.335 e. The molecule has 4 nitrogen and oxygen atoms in total. The van der Waals surface area contributed by atoms with E-state index in [0.717, 1.165) is 35.5 Å². The quantitative estimate of drug-likeness (QED) is 0.928. The lowest BCUT2D eigenvalue weighted by molar-refractivity contribution is 0.0878. The van der Waals surface area contributed by atoms with Gasteiger partial charge in [-0.15, -0.1) is 11.3 Å². The lowest BCUT2D eigenvalue weighted by atomic mass is 10.0. The molecular weight excluding hydrogens is 294 g/mol. The Bertz CT molecular complexity index is 686. The van der Waals surface area contributed by atoms with Crippen LogP contribution in [0, 0.1) is 5.92 Å². The first-order valence-electron chi connectivity index (χ1n) is 6.78. The SMILES string of the molecule is O=C(NC1CC2CCN1C2)c1cc2c(Cl)csc2cn1. The van der Waals surface area contributed by atoms with Crippen LogP contribution in [0.4, 0.5) is 0 Å². The van der Waals surface area contributed by atoms with Crippen LogP contribution in [0.3, 0.4) is 0 Å². The second-order valence-corrected chi connectivity index (χ2v) is 6.84. The highest BCUT2D eigenvalue weighted by atomic mass is 35.5. The van der Waals surface area contributed by atoms with Crippen LogP contribution in [0.5, 0.6) is 0 Å². The zero-order chi connectivity index (χ0) is 13.7. The van der Waals surface area contributed by atoms with Gasteiger partial charge >= 0.3 is 0 Å². The van der Waals surface area contributed by atoms with E-state index in [1.54, 1.807) is 23.6 Å². The minimum Gasteiger partial charge on any atom is -0.335 e. The zero-order valence-electron chi connectivity index (χ0n) is 10.8. The van der Waals surface area contributed by atoms with E-state index in [1.165, 1.54) is 6.42 Å². The summed E-state index contributed by atoms with van der Waals surface area (Å²) < 4.78 is 1.01. The molecular formula is C14H14ClN3OS. The molecule has 4 heterocycles. The van der Waals surface area contributed by atoms with Crippen LogP contribution in [0.15, 0.2) is 17.6 Å². The molecule has 2 bridgehead atoms. The summed E-state index contributed by atoms with van der Waals surface area (Å²) in [5, 5.41) is 6.55. The summed E-state index contributed by atoms with van der Waals surface area (Å²) >= 11 is 7.66. The molecule has 1 amide bonds. The highest BCUT2D eigenvalue weighted by Gasteiger charge is 2.38. The van der Waals surface area contributed by atoms with E-state index in [1.807, 2.05) is 5.38 Å². The Morgan fingerprint density at radius 1 is 1.55 bits per heavy atom. The molecule has 2 saturated heterocycles. The van der Waals surface area contributed by atoms with Gasteiger partial charge in [-0.1, -0.05) is 11.6 Å². The molecule has 3 atom stereocenters. The number of fused-ring (bicyclic) bond motifs is 3. The van der Waals surface area contributed by atoms with Crippen LogP contribution in [0.1, 0.15) is 23.3 Å². The molecule has 4 rings (SSSR count). The Morgan fingerprint density at radius 2 is 2.45 bits per heavy atom. The summed E-state index contributed by atoms with van der Waals surface area (Å²) in [5.74, 6) is 0.647. The van der Waals surface area contributed by atoms with Gasteiger partial charge in [-0.05, 0) is 24.8 Å². The van der Waals surface area contributed by atoms with Crippen molar-refractivity contribution in [2.24, 2.45) is 5.92 Å². The van der Waals surface area contributed by atoms with Gasteiger partial charge in [0.2, 0.25) is 0 Å². The summed E-state index contributed by atoms with van der Waals surface area (Å²) in [6.07, 6.45) is 4.23. The maximum atomic E-state index is 12.3. The summed E-state index contributed by atoms with van der Waals surface area (Å²) in [4.78, 5) is 18.9. The van der Waals surface area contributed by atoms with Gasteiger partial charge in [0.25, 0.3) is 5.91 Å². The average Bonchev–Trinajstić information content (AvgIpc) is 3.15. The van der Waals surface area contributed by atoms with Crippen LogP contribution in [-0.2, 0) is 0 Å². The Labute approximate surface area is 125 Å². The molecule has 1 N–H and O–H groups in total. The number of nitrogens with zero attached hydrogens (tertiary/aromatic N) is 2. The van der Waals surface area contributed by atoms with Gasteiger partial charge < -0.3 is 5.32 Å². The third kappa shape index (κ3) is 2.01. The number of thiophene rings is 1. The number of carbonyl (C=O) groups excluding carboxylic acids is 1. The van der Waals surface area contributed by atoms with E-state index in [0.29, 0.717) is 10.7 Å². The molecule has 2 aliphatic heterocycles. The van der Waals surface area contributed by atoms with Crippen molar-refractivity contribution in [3.63, 3.8) is 0 Å². The number of hydrogen-bond acceptors (Lipinski definition) is 4. The van der Waals surface area contributed by atoms with E-state index in [-0.39, 0.29) is 12.1 Å². The lowest BCUT2D eigenvalue weighted by Gasteiger charge is -2.25. The normalized spacial score (nSPS) is 28.1. The Balaban J connectivity index is 1.56. The molecule has 0 aromatic carbocycles. The number of pyridine rings is 1. The van der Waals surface area contributed by atoms with Crippen LogP contribution in [0.2, 0.25) is 5.02 Å². The van der Waals surface area contributed by atoms with Crippen molar-refractivity contribution >= 4 is 38.9 Å². The first kappa shape index (κ1) is 12.6. The maximum absolute atomic E-state index is 12.3. The fourth-order valence-electron chi connectivity index (χ4n) is 3.20. The minimum absolute atomic E-state index is 0.105. The third-order valence-electron chi connectivity index (χ3n) is 4.26. The number of aromatic nitrogens is 1. The molecule has 2 aromatic rings. The number of halogens is 1. The van der Waals surface area contributed by atoms with Crippen LogP contribution >= 0.6 is 22.9 Å². The van der Waals surface area contributed by atoms with Crippen molar-refractivity contribution in [3.05, 3.63) is 28.4 Å². The zero-order valence-corrected chi connectivity index (χ0v) is 12.4. The van der Waals surface area contributed by atoms with Crippen molar-refractivity contribution in [1.82, 2.24) is 15.2 Å². The number of nitrogens with one attached hydrogen (secondary N) is 1. The van der Waals surface area contributed by atoms with Crippen molar-refractivity contribution in [2.75, 3.05) is 13.1 Å². The van der Waals surface area contributed by atoms with E-state index in [2.05, 4.69) is 15.2 Å². The van der Waals surface area contributed by atoms with Gasteiger partial charge in [0.05, 0.1) is 15.9 Å². The van der Waals surface area contributed by atoms with Crippen LogP contribution < -0.4 is 5.32 Å². The smallest absolute Gasteiger partial charge is 0.271 e. The van der Waals surface area contributed by atoms with Gasteiger partial charge in [0.1, 0.15) is 5.69 Å². The molecule has 2 aromatic heterocycles. The first-order valence-corrected chi connectivity index (χ1v) is 8.04. The molecule has 20 heavy (non-hydrogen) atoms. The number of piperidine rings is 1. The van der Waals surface area contributed by atoms with E-state index in [4.69, 9.17) is 11.6 Å². The topological polar surface area (TPSA) is 45.2 Å². The third-order valence-corrected chi connectivity index (χ3v) is 5.63. The average molecular weight is 308 g/mol. The Kier molecular flexibility index (Phi) is 2.94. The second kappa shape index (κ2) is 4.69. The minimum atomic E-state index is -0.105. The van der Waals surface area contributed by atoms with Crippen molar-refractivity contribution in [1.29, 1.82) is 0 Å². The van der Waals surface area contributed by atoms with Gasteiger partial charge in [-0.2, -0.15) is 0 Å². The van der Waals surface area contributed by atoms with E-state index < -0.39 is 0 Å². The molecule has 0 radical (unpaired) electrons. The monoisotopic (exact) mass is 307 g/mol. The summed E-state index contributed by atoms with van der Waals surface area (Å²) in [5.41, 5.74) is 0.446. The van der Waals surface area contributed by atoms with Gasteiger partial charge in [0, 0.05) is 30.1 Å². The van der Waals surface area contributed by atoms with E-state index in [9.17, 15) is 4.79 Å². The molecule has 104 valence electrons. The summed E-state index contributed by atoms with van der Waals surface area (Å²) in [6, 6.07) is 1.78. The number of carbonyl (C=O) groups is 1. The van der Waals surface area contributed by atoms with Gasteiger partial charge in [-0.25, -0.2) is 4.98 Å². The molecule has 2 aliphatic rings. The highest BCUT2D eigenvalue weighted by Crippen LogP contribution is 2.32.